The highest BCUT2D eigenvalue weighted by molar-refractivity contribution is 7.20. The molecule has 0 amide bonds. The van der Waals surface area contributed by atoms with Crippen molar-refractivity contribution in [1.29, 1.82) is 0 Å². The lowest BCUT2D eigenvalue weighted by atomic mass is 9.91. The Morgan fingerprint density at radius 1 is 1.20 bits per heavy atom. The van der Waals surface area contributed by atoms with Crippen molar-refractivity contribution in [3.63, 3.8) is 0 Å². The predicted molar refractivity (Wildman–Crippen MR) is 107 cm³/mol. The molecular formula is C20H20ClN3S. The minimum atomic E-state index is 0.305. The summed E-state index contributed by atoms with van der Waals surface area (Å²) in [4.78, 5) is 10.4. The summed E-state index contributed by atoms with van der Waals surface area (Å²) in [6, 6.07) is 10.3. The summed E-state index contributed by atoms with van der Waals surface area (Å²) in [7, 11) is 0. The van der Waals surface area contributed by atoms with E-state index in [9.17, 15) is 0 Å². The number of thiophene rings is 1. The van der Waals surface area contributed by atoms with Crippen molar-refractivity contribution in [2.45, 2.75) is 38.6 Å². The van der Waals surface area contributed by atoms with E-state index in [1.54, 1.807) is 0 Å². The molecule has 128 valence electrons. The van der Waals surface area contributed by atoms with Gasteiger partial charge in [-0.3, -0.25) is 0 Å². The maximum atomic E-state index is 6.20. The molecule has 25 heavy (non-hydrogen) atoms. The second-order valence-electron chi connectivity index (χ2n) is 6.43. The number of nitrogens with zero attached hydrogens (tertiary/aromatic N) is 2. The Morgan fingerprint density at radius 2 is 2.04 bits per heavy atom. The number of hydrogen-bond donors (Lipinski definition) is 1. The first-order valence-corrected chi connectivity index (χ1v) is 9.81. The van der Waals surface area contributed by atoms with Crippen LogP contribution in [0.2, 0.25) is 5.28 Å². The van der Waals surface area contributed by atoms with Crippen LogP contribution in [0.3, 0.4) is 0 Å². The molecule has 2 heterocycles. The van der Waals surface area contributed by atoms with E-state index in [0.29, 0.717) is 11.2 Å². The third-order valence-electron chi connectivity index (χ3n) is 4.72. The van der Waals surface area contributed by atoms with Crippen molar-refractivity contribution < 1.29 is 0 Å². The van der Waals surface area contributed by atoms with Gasteiger partial charge in [-0.2, -0.15) is 4.98 Å². The van der Waals surface area contributed by atoms with Crippen LogP contribution in [-0.4, -0.2) is 9.97 Å². The number of rotatable bonds is 4. The summed E-state index contributed by atoms with van der Waals surface area (Å²) in [5, 5.41) is 3.75. The van der Waals surface area contributed by atoms with Crippen molar-refractivity contribution in [2.24, 2.45) is 0 Å². The Balaban J connectivity index is 1.70. The molecule has 0 saturated heterocycles. The average molecular weight is 370 g/mol. The van der Waals surface area contributed by atoms with Crippen LogP contribution in [-0.2, 0) is 6.54 Å². The second kappa shape index (κ2) is 7.14. The molecule has 0 bridgehead atoms. The fourth-order valence-electron chi connectivity index (χ4n) is 3.40. The molecule has 2 aromatic heterocycles. The first-order valence-electron chi connectivity index (χ1n) is 8.61. The minimum Gasteiger partial charge on any atom is -0.365 e. The Bertz CT molecular complexity index is 918. The van der Waals surface area contributed by atoms with Crippen LogP contribution in [0.15, 0.2) is 42.5 Å². The SMILES string of the molecule is Cc1c(C2CC=CCC2)sc2c(NCc3ccccc3)nc(Cl)nc12. The van der Waals surface area contributed by atoms with E-state index in [-0.39, 0.29) is 0 Å². The zero-order chi connectivity index (χ0) is 17.2. The highest BCUT2D eigenvalue weighted by Crippen LogP contribution is 2.42. The van der Waals surface area contributed by atoms with Gasteiger partial charge in [0.1, 0.15) is 5.82 Å². The molecule has 0 aliphatic heterocycles. The van der Waals surface area contributed by atoms with Crippen molar-refractivity contribution in [3.05, 3.63) is 63.8 Å². The first-order chi connectivity index (χ1) is 12.2. The number of aryl methyl sites for hydroxylation is 1. The van der Waals surface area contributed by atoms with E-state index in [1.807, 2.05) is 29.5 Å². The van der Waals surface area contributed by atoms with E-state index in [2.05, 4.69) is 46.5 Å². The monoisotopic (exact) mass is 369 g/mol. The molecule has 0 radical (unpaired) electrons. The lowest BCUT2D eigenvalue weighted by Crippen LogP contribution is -2.02. The molecule has 1 unspecified atom stereocenters. The van der Waals surface area contributed by atoms with Crippen molar-refractivity contribution in [3.8, 4) is 0 Å². The summed E-state index contributed by atoms with van der Waals surface area (Å²) in [5.41, 5.74) is 3.47. The zero-order valence-electron chi connectivity index (χ0n) is 14.1. The Kier molecular flexibility index (Phi) is 4.73. The van der Waals surface area contributed by atoms with Crippen molar-refractivity contribution in [1.82, 2.24) is 9.97 Å². The largest absolute Gasteiger partial charge is 0.365 e. The number of hydrogen-bond acceptors (Lipinski definition) is 4. The van der Waals surface area contributed by atoms with E-state index in [4.69, 9.17) is 11.6 Å². The molecule has 1 aromatic carbocycles. The molecule has 0 saturated carbocycles. The molecule has 3 aromatic rings. The summed E-state index contributed by atoms with van der Waals surface area (Å²) in [6.07, 6.45) is 8.05. The standard InChI is InChI=1S/C20H20ClN3S/c1-13-16-18(25-17(13)15-10-6-3-7-11-15)19(24-20(21)23-16)22-12-14-8-4-2-5-9-14/h2-6,8-9,15H,7,10-12H2,1H3,(H,22,23,24). The summed E-state index contributed by atoms with van der Waals surface area (Å²) in [6.45, 7) is 2.89. The topological polar surface area (TPSA) is 37.8 Å². The van der Waals surface area contributed by atoms with Gasteiger partial charge >= 0.3 is 0 Å². The van der Waals surface area contributed by atoms with Gasteiger partial charge in [-0.1, -0.05) is 42.5 Å². The summed E-state index contributed by atoms with van der Waals surface area (Å²) < 4.78 is 1.11. The summed E-state index contributed by atoms with van der Waals surface area (Å²) >= 11 is 8.02. The van der Waals surface area contributed by atoms with Gasteiger partial charge in [0.15, 0.2) is 0 Å². The maximum Gasteiger partial charge on any atom is 0.224 e. The van der Waals surface area contributed by atoms with Gasteiger partial charge in [-0.05, 0) is 54.8 Å². The Labute approximate surface area is 156 Å². The van der Waals surface area contributed by atoms with Crippen molar-refractivity contribution >= 4 is 39.0 Å². The lowest BCUT2D eigenvalue weighted by Gasteiger charge is -2.16. The number of fused-ring (bicyclic) bond motifs is 1. The number of anilines is 1. The Morgan fingerprint density at radius 3 is 2.80 bits per heavy atom. The second-order valence-corrected chi connectivity index (χ2v) is 7.82. The quantitative estimate of drug-likeness (QED) is 0.446. The minimum absolute atomic E-state index is 0.305. The lowest BCUT2D eigenvalue weighted by molar-refractivity contribution is 0.624. The Hall–Kier alpha value is -1.91. The van der Waals surface area contributed by atoms with E-state index < -0.39 is 0 Å². The number of allylic oxidation sites excluding steroid dienone is 2. The van der Waals surface area contributed by atoms with Gasteiger partial charge in [0.05, 0.1) is 10.2 Å². The molecular weight excluding hydrogens is 350 g/mol. The third-order valence-corrected chi connectivity index (χ3v) is 6.34. The van der Waals surface area contributed by atoms with Crippen LogP contribution < -0.4 is 5.32 Å². The zero-order valence-corrected chi connectivity index (χ0v) is 15.7. The smallest absolute Gasteiger partial charge is 0.224 e. The van der Waals surface area contributed by atoms with Gasteiger partial charge in [0, 0.05) is 11.4 Å². The molecule has 0 fully saturated rings. The first kappa shape index (κ1) is 16.6. The molecule has 0 spiro atoms. The number of halogens is 1. The van der Waals surface area contributed by atoms with Crippen LogP contribution in [0, 0.1) is 6.92 Å². The van der Waals surface area contributed by atoms with Gasteiger partial charge in [0.25, 0.3) is 0 Å². The maximum absolute atomic E-state index is 6.20. The number of nitrogens with one attached hydrogen (secondary N) is 1. The fraction of sp³-hybridized carbons (Fsp3) is 0.300. The van der Waals surface area contributed by atoms with E-state index in [0.717, 1.165) is 35.4 Å². The number of aromatic nitrogens is 2. The van der Waals surface area contributed by atoms with Crippen LogP contribution in [0.4, 0.5) is 5.82 Å². The van der Waals surface area contributed by atoms with E-state index in [1.165, 1.54) is 22.4 Å². The van der Waals surface area contributed by atoms with E-state index >= 15 is 0 Å². The van der Waals surface area contributed by atoms with Crippen LogP contribution in [0.1, 0.15) is 41.2 Å². The fourth-order valence-corrected chi connectivity index (χ4v) is 4.93. The van der Waals surface area contributed by atoms with Crippen LogP contribution >= 0.6 is 22.9 Å². The third kappa shape index (κ3) is 3.42. The van der Waals surface area contributed by atoms with Crippen LogP contribution in [0.5, 0.6) is 0 Å². The molecule has 1 aliphatic carbocycles. The average Bonchev–Trinajstić information content (AvgIpc) is 2.98. The highest BCUT2D eigenvalue weighted by Gasteiger charge is 2.22. The molecule has 4 rings (SSSR count). The highest BCUT2D eigenvalue weighted by atomic mass is 35.5. The molecule has 1 N–H and O–H groups in total. The molecule has 5 heteroatoms. The van der Waals surface area contributed by atoms with Gasteiger partial charge < -0.3 is 5.32 Å². The number of benzene rings is 1. The van der Waals surface area contributed by atoms with Gasteiger partial charge in [-0.25, -0.2) is 4.98 Å². The molecule has 1 aliphatic rings. The normalized spacial score (nSPS) is 17.1. The van der Waals surface area contributed by atoms with Crippen molar-refractivity contribution in [2.75, 3.05) is 5.32 Å². The molecule has 1 atom stereocenters. The summed E-state index contributed by atoms with van der Waals surface area (Å²) in [5.74, 6) is 1.43. The van der Waals surface area contributed by atoms with Gasteiger partial charge in [0.2, 0.25) is 5.28 Å². The molecule has 3 nitrogen and oxygen atoms in total. The van der Waals surface area contributed by atoms with Gasteiger partial charge in [-0.15, -0.1) is 11.3 Å². The van der Waals surface area contributed by atoms with Crippen LogP contribution in [0.25, 0.3) is 10.2 Å². The predicted octanol–water partition coefficient (Wildman–Crippen LogP) is 6.09.